The number of nitriles is 1. The fraction of sp³-hybridized carbons (Fsp3) is 0.154. The van der Waals surface area contributed by atoms with Gasteiger partial charge in [0, 0.05) is 25.4 Å². The van der Waals surface area contributed by atoms with Crippen LogP contribution in [0.1, 0.15) is 22.7 Å². The van der Waals surface area contributed by atoms with Crippen LogP contribution in [0, 0.1) is 11.3 Å². The van der Waals surface area contributed by atoms with E-state index in [0.717, 1.165) is 28.8 Å². The van der Waals surface area contributed by atoms with Crippen molar-refractivity contribution in [2.24, 2.45) is 7.05 Å². The molecular formula is C26H24N6O. The molecule has 7 nitrogen and oxygen atoms in total. The number of rotatable bonds is 8. The summed E-state index contributed by atoms with van der Waals surface area (Å²) >= 11 is 0. The van der Waals surface area contributed by atoms with E-state index in [0.29, 0.717) is 17.8 Å². The second kappa shape index (κ2) is 10.4. The van der Waals surface area contributed by atoms with Crippen LogP contribution in [0.5, 0.6) is 0 Å². The van der Waals surface area contributed by atoms with Gasteiger partial charge < -0.3 is 10.6 Å². The predicted octanol–water partition coefficient (Wildman–Crippen LogP) is 3.87. The Hall–Kier alpha value is -4.28. The van der Waals surface area contributed by atoms with Crippen molar-refractivity contribution >= 4 is 11.6 Å². The van der Waals surface area contributed by atoms with Crippen LogP contribution in [0.3, 0.4) is 0 Å². The van der Waals surface area contributed by atoms with Crippen LogP contribution < -0.4 is 10.6 Å². The highest BCUT2D eigenvalue weighted by Crippen LogP contribution is 2.20. The average Bonchev–Trinajstić information content (AvgIpc) is 3.29. The first-order valence-corrected chi connectivity index (χ1v) is 10.7. The fourth-order valence-electron chi connectivity index (χ4n) is 3.52. The minimum absolute atomic E-state index is 0.156. The standard InChI is InChI=1S/C26H24N6O/c1-32-18-22(16-30-32)24-12-11-23(17-29-24)31-26(33)25(21-5-3-2-4-6-21)28-14-13-19-7-9-20(15-27)10-8-19/h2-12,16-18,25,28H,13-14H2,1H3,(H,31,33). The van der Waals surface area contributed by atoms with Crippen molar-refractivity contribution in [1.82, 2.24) is 20.1 Å². The van der Waals surface area contributed by atoms with E-state index in [-0.39, 0.29) is 5.91 Å². The summed E-state index contributed by atoms with van der Waals surface area (Å²) in [6.45, 7) is 0.608. The Kier molecular flexibility index (Phi) is 6.88. The Balaban J connectivity index is 1.42. The highest BCUT2D eigenvalue weighted by Gasteiger charge is 2.20. The number of nitrogens with one attached hydrogen (secondary N) is 2. The molecule has 4 aromatic rings. The van der Waals surface area contributed by atoms with E-state index in [1.165, 1.54) is 0 Å². The van der Waals surface area contributed by atoms with Crippen molar-refractivity contribution in [3.05, 3.63) is 102 Å². The lowest BCUT2D eigenvalue weighted by Crippen LogP contribution is -2.34. The van der Waals surface area contributed by atoms with E-state index < -0.39 is 6.04 Å². The van der Waals surface area contributed by atoms with Crippen LogP contribution in [-0.4, -0.2) is 27.2 Å². The summed E-state index contributed by atoms with van der Waals surface area (Å²) in [6.07, 6.45) is 6.04. The van der Waals surface area contributed by atoms with Crippen molar-refractivity contribution in [3.8, 4) is 17.3 Å². The van der Waals surface area contributed by atoms with Gasteiger partial charge in [-0.3, -0.25) is 14.5 Å². The first-order valence-electron chi connectivity index (χ1n) is 10.7. The number of benzene rings is 2. The maximum atomic E-state index is 13.1. The van der Waals surface area contributed by atoms with Gasteiger partial charge in [-0.25, -0.2) is 0 Å². The van der Waals surface area contributed by atoms with Crippen molar-refractivity contribution in [1.29, 1.82) is 5.26 Å². The fourth-order valence-corrected chi connectivity index (χ4v) is 3.52. The molecule has 2 N–H and O–H groups in total. The molecule has 1 amide bonds. The van der Waals surface area contributed by atoms with Crippen molar-refractivity contribution < 1.29 is 4.79 Å². The van der Waals surface area contributed by atoms with Crippen molar-refractivity contribution in [2.75, 3.05) is 11.9 Å². The van der Waals surface area contributed by atoms with Gasteiger partial charge in [0.2, 0.25) is 5.91 Å². The number of aryl methyl sites for hydroxylation is 1. The van der Waals surface area contributed by atoms with Crippen LogP contribution in [0.2, 0.25) is 0 Å². The third kappa shape index (κ3) is 5.70. The highest BCUT2D eigenvalue weighted by molar-refractivity contribution is 5.95. The number of carbonyl (C=O) groups excluding carboxylic acids is 1. The normalized spacial score (nSPS) is 11.5. The van der Waals surface area contributed by atoms with Gasteiger partial charge in [-0.1, -0.05) is 42.5 Å². The van der Waals surface area contributed by atoms with Crippen molar-refractivity contribution in [3.63, 3.8) is 0 Å². The van der Waals surface area contributed by atoms with Gasteiger partial charge in [-0.15, -0.1) is 0 Å². The molecule has 2 heterocycles. The third-order valence-corrected chi connectivity index (χ3v) is 5.27. The quantitative estimate of drug-likeness (QED) is 0.437. The van der Waals surface area contributed by atoms with E-state index in [2.05, 4.69) is 26.8 Å². The average molecular weight is 437 g/mol. The Labute approximate surface area is 192 Å². The van der Waals surface area contributed by atoms with Gasteiger partial charge in [-0.05, 0) is 41.8 Å². The maximum absolute atomic E-state index is 13.1. The highest BCUT2D eigenvalue weighted by atomic mass is 16.2. The minimum Gasteiger partial charge on any atom is -0.323 e. The van der Waals surface area contributed by atoms with Gasteiger partial charge in [0.25, 0.3) is 0 Å². The lowest BCUT2D eigenvalue weighted by molar-refractivity contribution is -0.118. The lowest BCUT2D eigenvalue weighted by atomic mass is 10.0. The molecule has 4 rings (SSSR count). The molecule has 0 spiro atoms. The summed E-state index contributed by atoms with van der Waals surface area (Å²) in [4.78, 5) is 17.6. The maximum Gasteiger partial charge on any atom is 0.246 e. The molecule has 0 aliphatic carbocycles. The van der Waals surface area contributed by atoms with Gasteiger partial charge >= 0.3 is 0 Å². The molecular weight excluding hydrogens is 412 g/mol. The summed E-state index contributed by atoms with van der Waals surface area (Å²) in [5.41, 5.74) is 4.96. The number of anilines is 1. The zero-order valence-electron chi connectivity index (χ0n) is 18.3. The summed E-state index contributed by atoms with van der Waals surface area (Å²) < 4.78 is 1.72. The summed E-state index contributed by atoms with van der Waals surface area (Å²) in [5.74, 6) is -0.156. The Morgan fingerprint density at radius 2 is 1.85 bits per heavy atom. The molecule has 0 saturated heterocycles. The van der Waals surface area contributed by atoms with Gasteiger partial charge in [0.15, 0.2) is 0 Å². The second-order valence-electron chi connectivity index (χ2n) is 7.68. The number of carbonyl (C=O) groups is 1. The molecule has 0 bridgehead atoms. The number of aromatic nitrogens is 3. The van der Waals surface area contributed by atoms with Crippen LogP contribution in [0.4, 0.5) is 5.69 Å². The number of hydrogen-bond acceptors (Lipinski definition) is 5. The number of nitrogens with zero attached hydrogens (tertiary/aromatic N) is 4. The number of amides is 1. The van der Waals surface area contributed by atoms with Gasteiger partial charge in [0.1, 0.15) is 6.04 Å². The molecule has 7 heteroatoms. The third-order valence-electron chi connectivity index (χ3n) is 5.27. The molecule has 0 aliphatic heterocycles. The monoisotopic (exact) mass is 436 g/mol. The molecule has 164 valence electrons. The van der Waals surface area contributed by atoms with Crippen LogP contribution in [0.25, 0.3) is 11.3 Å². The van der Waals surface area contributed by atoms with Crippen LogP contribution in [0.15, 0.2) is 85.3 Å². The molecule has 2 aromatic carbocycles. The Bertz CT molecular complexity index is 1240. The molecule has 0 saturated carbocycles. The zero-order valence-corrected chi connectivity index (χ0v) is 18.3. The molecule has 33 heavy (non-hydrogen) atoms. The smallest absolute Gasteiger partial charge is 0.246 e. The zero-order chi connectivity index (χ0) is 23.0. The summed E-state index contributed by atoms with van der Waals surface area (Å²) in [5, 5.41) is 19.4. The number of pyridine rings is 1. The van der Waals surface area contributed by atoms with E-state index >= 15 is 0 Å². The molecule has 2 aromatic heterocycles. The summed E-state index contributed by atoms with van der Waals surface area (Å²) in [6, 6.07) is 22.4. The van der Waals surface area contributed by atoms with Gasteiger partial charge in [-0.2, -0.15) is 10.4 Å². The Morgan fingerprint density at radius 3 is 2.48 bits per heavy atom. The summed E-state index contributed by atoms with van der Waals surface area (Å²) in [7, 11) is 1.86. The largest absolute Gasteiger partial charge is 0.323 e. The molecule has 0 aliphatic rings. The number of hydrogen-bond donors (Lipinski definition) is 2. The van der Waals surface area contributed by atoms with Gasteiger partial charge in [0.05, 0.1) is 35.4 Å². The van der Waals surface area contributed by atoms with E-state index in [4.69, 9.17) is 5.26 Å². The van der Waals surface area contributed by atoms with E-state index in [1.807, 2.05) is 67.8 Å². The Morgan fingerprint density at radius 1 is 1.06 bits per heavy atom. The molecule has 1 unspecified atom stereocenters. The predicted molar refractivity (Wildman–Crippen MR) is 127 cm³/mol. The second-order valence-corrected chi connectivity index (χ2v) is 7.68. The first-order chi connectivity index (χ1) is 16.1. The van der Waals surface area contributed by atoms with E-state index in [9.17, 15) is 4.79 Å². The van der Waals surface area contributed by atoms with Crippen molar-refractivity contribution in [2.45, 2.75) is 12.5 Å². The van der Waals surface area contributed by atoms with Crippen LogP contribution >= 0.6 is 0 Å². The molecule has 0 radical (unpaired) electrons. The SMILES string of the molecule is Cn1cc(-c2ccc(NC(=O)C(NCCc3ccc(C#N)cc3)c3ccccc3)cn2)cn1. The first kappa shape index (κ1) is 21.9. The topological polar surface area (TPSA) is 95.6 Å². The minimum atomic E-state index is -0.511. The molecule has 1 atom stereocenters. The van der Waals surface area contributed by atoms with Crippen LogP contribution in [-0.2, 0) is 18.3 Å². The lowest BCUT2D eigenvalue weighted by Gasteiger charge is -2.19. The van der Waals surface area contributed by atoms with E-state index in [1.54, 1.807) is 29.2 Å². The molecule has 0 fully saturated rings.